The van der Waals surface area contributed by atoms with Crippen molar-refractivity contribution in [1.29, 1.82) is 0 Å². The van der Waals surface area contributed by atoms with Crippen LogP contribution in [0.3, 0.4) is 0 Å². The number of hydrogen-bond donors (Lipinski definition) is 1. The molecule has 0 aromatic heterocycles. The lowest BCUT2D eigenvalue weighted by molar-refractivity contribution is -0.123. The lowest BCUT2D eigenvalue weighted by Crippen LogP contribution is -2.36. The molecule has 0 saturated carbocycles. The minimum atomic E-state index is 0.269. The molecule has 2 heterocycles. The summed E-state index contributed by atoms with van der Waals surface area (Å²) < 4.78 is 0. The van der Waals surface area contributed by atoms with Gasteiger partial charge in [0, 0.05) is 13.1 Å². The van der Waals surface area contributed by atoms with E-state index in [1.807, 2.05) is 0 Å². The normalized spacial score (nSPS) is 30.5. The molecule has 0 aromatic rings. The molecule has 2 aliphatic rings. The van der Waals surface area contributed by atoms with Crippen LogP contribution in [-0.4, -0.2) is 37.0 Å². The van der Waals surface area contributed by atoms with Crippen molar-refractivity contribution in [2.45, 2.75) is 25.7 Å². The Kier molecular flexibility index (Phi) is 2.83. The maximum absolute atomic E-state index is 11.3. The molecule has 74 valence electrons. The SMILES string of the molecule is O=C1NCCC1CN1CCCCC1. The number of likely N-dealkylation sites (tertiary alicyclic amines) is 1. The monoisotopic (exact) mass is 182 g/mol. The maximum Gasteiger partial charge on any atom is 0.224 e. The van der Waals surface area contributed by atoms with Crippen molar-refractivity contribution in [3.05, 3.63) is 0 Å². The van der Waals surface area contributed by atoms with E-state index in [1.54, 1.807) is 0 Å². The number of rotatable bonds is 2. The van der Waals surface area contributed by atoms with Crippen molar-refractivity contribution < 1.29 is 4.79 Å². The van der Waals surface area contributed by atoms with Gasteiger partial charge >= 0.3 is 0 Å². The van der Waals surface area contributed by atoms with Gasteiger partial charge in [-0.2, -0.15) is 0 Å². The fraction of sp³-hybridized carbons (Fsp3) is 0.900. The van der Waals surface area contributed by atoms with Crippen molar-refractivity contribution in [2.24, 2.45) is 5.92 Å². The maximum atomic E-state index is 11.3. The molecule has 1 unspecified atom stereocenters. The Bertz CT molecular complexity index is 187. The number of hydrogen-bond acceptors (Lipinski definition) is 2. The van der Waals surface area contributed by atoms with Crippen LogP contribution in [0.5, 0.6) is 0 Å². The van der Waals surface area contributed by atoms with Gasteiger partial charge in [-0.1, -0.05) is 6.42 Å². The summed E-state index contributed by atoms with van der Waals surface area (Å²) >= 11 is 0. The second-order valence-electron chi connectivity index (χ2n) is 4.14. The summed E-state index contributed by atoms with van der Waals surface area (Å²) in [6.45, 7) is 4.27. The Morgan fingerprint density at radius 2 is 2.08 bits per heavy atom. The van der Waals surface area contributed by atoms with Crippen molar-refractivity contribution in [3.8, 4) is 0 Å². The molecule has 0 aliphatic carbocycles. The molecule has 2 rings (SSSR count). The molecule has 3 heteroatoms. The summed E-state index contributed by atoms with van der Waals surface area (Å²) in [5.74, 6) is 0.545. The number of carbonyl (C=O) groups is 1. The second kappa shape index (κ2) is 4.09. The van der Waals surface area contributed by atoms with E-state index in [0.717, 1.165) is 19.5 Å². The standard InChI is InChI=1S/C10H18N2O/c13-10-9(4-5-11-10)8-12-6-2-1-3-7-12/h9H,1-8H2,(H,11,13). The minimum Gasteiger partial charge on any atom is -0.356 e. The third-order valence-corrected chi connectivity index (χ3v) is 3.09. The predicted octanol–water partition coefficient (Wildman–Crippen LogP) is 0.608. The number of piperidine rings is 1. The summed E-state index contributed by atoms with van der Waals surface area (Å²) in [7, 11) is 0. The fourth-order valence-electron chi connectivity index (χ4n) is 2.27. The van der Waals surface area contributed by atoms with Crippen molar-refractivity contribution in [3.63, 3.8) is 0 Å². The molecule has 0 bridgehead atoms. The highest BCUT2D eigenvalue weighted by Crippen LogP contribution is 2.15. The first-order valence-electron chi connectivity index (χ1n) is 5.36. The summed E-state index contributed by atoms with van der Waals surface area (Å²) in [6.07, 6.45) is 5.03. The molecule has 1 atom stereocenters. The molecule has 1 amide bonds. The van der Waals surface area contributed by atoms with E-state index in [1.165, 1.54) is 32.4 Å². The molecule has 3 nitrogen and oxygen atoms in total. The van der Waals surface area contributed by atoms with Gasteiger partial charge in [0.25, 0.3) is 0 Å². The van der Waals surface area contributed by atoms with E-state index < -0.39 is 0 Å². The van der Waals surface area contributed by atoms with Crippen LogP contribution in [0.25, 0.3) is 0 Å². The van der Waals surface area contributed by atoms with Gasteiger partial charge < -0.3 is 10.2 Å². The first-order valence-corrected chi connectivity index (χ1v) is 5.36. The number of carbonyl (C=O) groups excluding carboxylic acids is 1. The lowest BCUT2D eigenvalue weighted by atomic mass is 10.1. The van der Waals surface area contributed by atoms with Crippen molar-refractivity contribution in [2.75, 3.05) is 26.2 Å². The topological polar surface area (TPSA) is 32.3 Å². The number of nitrogens with zero attached hydrogens (tertiary/aromatic N) is 1. The minimum absolute atomic E-state index is 0.269. The Morgan fingerprint density at radius 3 is 2.69 bits per heavy atom. The van der Waals surface area contributed by atoms with Crippen molar-refractivity contribution in [1.82, 2.24) is 10.2 Å². The molecule has 1 N–H and O–H groups in total. The van der Waals surface area contributed by atoms with Gasteiger partial charge in [-0.3, -0.25) is 4.79 Å². The Hall–Kier alpha value is -0.570. The average Bonchev–Trinajstić information content (AvgIpc) is 2.54. The first kappa shape index (κ1) is 9.00. The summed E-state index contributed by atoms with van der Waals surface area (Å²) in [5, 5.41) is 2.89. The summed E-state index contributed by atoms with van der Waals surface area (Å²) in [5.41, 5.74) is 0. The van der Waals surface area contributed by atoms with E-state index in [4.69, 9.17) is 0 Å². The van der Waals surface area contributed by atoms with Crippen LogP contribution < -0.4 is 5.32 Å². The highest BCUT2D eigenvalue weighted by Gasteiger charge is 2.26. The van der Waals surface area contributed by atoms with E-state index >= 15 is 0 Å². The van der Waals surface area contributed by atoms with E-state index in [0.29, 0.717) is 0 Å². The Morgan fingerprint density at radius 1 is 1.31 bits per heavy atom. The van der Waals surface area contributed by atoms with Crippen LogP contribution in [-0.2, 0) is 4.79 Å². The van der Waals surface area contributed by atoms with Crippen LogP contribution in [0, 0.1) is 5.92 Å². The highest BCUT2D eigenvalue weighted by molar-refractivity contribution is 5.80. The third-order valence-electron chi connectivity index (χ3n) is 3.09. The molecule has 2 fully saturated rings. The molecule has 2 saturated heterocycles. The van der Waals surface area contributed by atoms with Gasteiger partial charge in [0.15, 0.2) is 0 Å². The van der Waals surface area contributed by atoms with Gasteiger partial charge in [0.05, 0.1) is 5.92 Å². The average molecular weight is 182 g/mol. The molecule has 0 aromatic carbocycles. The zero-order valence-corrected chi connectivity index (χ0v) is 8.09. The van der Waals surface area contributed by atoms with Gasteiger partial charge in [0.2, 0.25) is 5.91 Å². The fourth-order valence-corrected chi connectivity index (χ4v) is 2.27. The van der Waals surface area contributed by atoms with Crippen LogP contribution in [0.2, 0.25) is 0 Å². The summed E-state index contributed by atoms with van der Waals surface area (Å²) in [4.78, 5) is 13.8. The third kappa shape index (κ3) is 2.21. The zero-order valence-electron chi connectivity index (χ0n) is 8.09. The zero-order chi connectivity index (χ0) is 9.10. The molecule has 0 radical (unpaired) electrons. The molecule has 13 heavy (non-hydrogen) atoms. The first-order chi connectivity index (χ1) is 6.36. The highest BCUT2D eigenvalue weighted by atomic mass is 16.2. The van der Waals surface area contributed by atoms with Gasteiger partial charge in [-0.15, -0.1) is 0 Å². The predicted molar refractivity (Wildman–Crippen MR) is 51.4 cm³/mol. The Balaban J connectivity index is 1.79. The van der Waals surface area contributed by atoms with E-state index in [9.17, 15) is 4.79 Å². The quantitative estimate of drug-likeness (QED) is 0.678. The van der Waals surface area contributed by atoms with Crippen LogP contribution in [0.1, 0.15) is 25.7 Å². The molecule has 2 aliphatic heterocycles. The lowest BCUT2D eigenvalue weighted by Gasteiger charge is -2.27. The van der Waals surface area contributed by atoms with Gasteiger partial charge in [-0.05, 0) is 32.4 Å². The molecular weight excluding hydrogens is 164 g/mol. The number of amides is 1. The van der Waals surface area contributed by atoms with E-state index in [-0.39, 0.29) is 11.8 Å². The van der Waals surface area contributed by atoms with Gasteiger partial charge in [0.1, 0.15) is 0 Å². The summed E-state index contributed by atoms with van der Waals surface area (Å²) in [6, 6.07) is 0. The number of nitrogens with one attached hydrogen (secondary N) is 1. The smallest absolute Gasteiger partial charge is 0.224 e. The van der Waals surface area contributed by atoms with Crippen LogP contribution >= 0.6 is 0 Å². The van der Waals surface area contributed by atoms with E-state index in [2.05, 4.69) is 10.2 Å². The van der Waals surface area contributed by atoms with Gasteiger partial charge in [-0.25, -0.2) is 0 Å². The van der Waals surface area contributed by atoms with Crippen molar-refractivity contribution >= 4 is 5.91 Å². The molecular formula is C10H18N2O. The molecule has 0 spiro atoms. The largest absolute Gasteiger partial charge is 0.356 e. The second-order valence-corrected chi connectivity index (χ2v) is 4.14. The van der Waals surface area contributed by atoms with Crippen LogP contribution in [0.4, 0.5) is 0 Å². The van der Waals surface area contributed by atoms with Crippen LogP contribution in [0.15, 0.2) is 0 Å². The Labute approximate surface area is 79.5 Å².